The molecule has 1 aliphatic rings. The second-order valence-electron chi connectivity index (χ2n) is 7.72. The van der Waals surface area contributed by atoms with Crippen LogP contribution in [0.5, 0.6) is 0 Å². The average molecular weight is 382 g/mol. The minimum absolute atomic E-state index is 0.0157. The fourth-order valence-electron chi connectivity index (χ4n) is 3.00. The van der Waals surface area contributed by atoms with E-state index < -0.39 is 11.2 Å². The molecule has 1 aromatic rings. The molecule has 0 spiro atoms. The summed E-state index contributed by atoms with van der Waals surface area (Å²) in [7, 11) is 2.85. The van der Waals surface area contributed by atoms with Crippen LogP contribution in [-0.4, -0.2) is 31.7 Å². The Morgan fingerprint density at radius 1 is 1.27 bits per heavy atom. The monoisotopic (exact) mass is 381 g/mol. The number of carbonyl (C=O) groups excluding carboxylic acids is 1. The highest BCUT2D eigenvalue weighted by molar-refractivity contribution is 7.99. The molecule has 1 saturated carbocycles. The van der Waals surface area contributed by atoms with Gasteiger partial charge in [-0.15, -0.1) is 0 Å². The average Bonchev–Trinajstić information content (AvgIpc) is 2.59. The van der Waals surface area contributed by atoms with Crippen molar-refractivity contribution in [3.05, 3.63) is 20.8 Å². The maximum atomic E-state index is 12.0. The lowest BCUT2D eigenvalue weighted by Crippen LogP contribution is -2.39. The van der Waals surface area contributed by atoms with Crippen LogP contribution in [0.15, 0.2) is 19.7 Å². The van der Waals surface area contributed by atoms with Crippen molar-refractivity contribution in [2.45, 2.75) is 51.5 Å². The van der Waals surface area contributed by atoms with E-state index in [1.54, 1.807) is 0 Å². The molecule has 8 nitrogen and oxygen atoms in total. The molecule has 26 heavy (non-hydrogen) atoms. The first-order chi connectivity index (χ1) is 12.1. The second-order valence-corrected chi connectivity index (χ2v) is 8.68. The number of aromatic nitrogens is 3. The summed E-state index contributed by atoms with van der Waals surface area (Å²) in [6, 6.07) is 0. The van der Waals surface area contributed by atoms with E-state index in [1.165, 1.54) is 14.1 Å². The van der Waals surface area contributed by atoms with Crippen molar-refractivity contribution in [3.63, 3.8) is 0 Å². The Bertz CT molecular complexity index is 809. The molecule has 0 aliphatic heterocycles. The Morgan fingerprint density at radius 2 is 1.88 bits per heavy atom. The van der Waals surface area contributed by atoms with Crippen molar-refractivity contribution >= 4 is 23.4 Å². The SMILES string of the molecule is Cn1nc(SCC(=O)NN=C2CCC(C(C)(C)C)CC2)c(=O)n(C)c1=O. The summed E-state index contributed by atoms with van der Waals surface area (Å²) in [5.41, 5.74) is 2.88. The molecule has 0 unspecified atom stereocenters. The van der Waals surface area contributed by atoms with Crippen LogP contribution in [0, 0.1) is 11.3 Å². The van der Waals surface area contributed by atoms with Crippen molar-refractivity contribution < 1.29 is 4.79 Å². The lowest BCUT2D eigenvalue weighted by atomic mass is 9.72. The van der Waals surface area contributed by atoms with E-state index in [9.17, 15) is 14.4 Å². The van der Waals surface area contributed by atoms with Crippen molar-refractivity contribution in [2.75, 3.05) is 5.75 Å². The molecule has 0 bridgehead atoms. The summed E-state index contributed by atoms with van der Waals surface area (Å²) < 4.78 is 2.05. The minimum atomic E-state index is -0.502. The fourth-order valence-corrected chi connectivity index (χ4v) is 3.77. The highest BCUT2D eigenvalue weighted by Gasteiger charge is 2.28. The highest BCUT2D eigenvalue weighted by atomic mass is 32.2. The first-order valence-corrected chi connectivity index (χ1v) is 9.69. The minimum Gasteiger partial charge on any atom is -0.272 e. The molecule has 0 saturated heterocycles. The van der Waals surface area contributed by atoms with E-state index in [0.29, 0.717) is 11.3 Å². The van der Waals surface area contributed by atoms with E-state index in [-0.39, 0.29) is 16.7 Å². The van der Waals surface area contributed by atoms with Crippen molar-refractivity contribution in [3.8, 4) is 0 Å². The summed E-state index contributed by atoms with van der Waals surface area (Å²) in [4.78, 5) is 35.6. The first-order valence-electron chi connectivity index (χ1n) is 8.71. The topological polar surface area (TPSA) is 98.3 Å². The van der Waals surface area contributed by atoms with Crippen molar-refractivity contribution in [1.29, 1.82) is 0 Å². The van der Waals surface area contributed by atoms with Crippen LogP contribution in [0.4, 0.5) is 0 Å². The van der Waals surface area contributed by atoms with Crippen molar-refractivity contribution in [2.24, 2.45) is 30.5 Å². The fraction of sp³-hybridized carbons (Fsp3) is 0.706. The zero-order valence-electron chi connectivity index (χ0n) is 16.0. The van der Waals surface area contributed by atoms with Gasteiger partial charge in [0.1, 0.15) is 0 Å². The predicted octanol–water partition coefficient (Wildman–Crippen LogP) is 1.28. The van der Waals surface area contributed by atoms with Crippen LogP contribution >= 0.6 is 11.8 Å². The van der Waals surface area contributed by atoms with Gasteiger partial charge in [0.05, 0.1) is 5.75 Å². The summed E-state index contributed by atoms with van der Waals surface area (Å²) in [5, 5.41) is 8.25. The van der Waals surface area contributed by atoms with E-state index in [0.717, 1.165) is 52.4 Å². The number of hydrazone groups is 1. The number of amides is 1. The normalized spacial score (nSPS) is 17.9. The van der Waals surface area contributed by atoms with Crippen LogP contribution < -0.4 is 16.7 Å². The number of carbonyl (C=O) groups is 1. The molecule has 1 fully saturated rings. The Morgan fingerprint density at radius 3 is 2.46 bits per heavy atom. The van der Waals surface area contributed by atoms with Gasteiger partial charge in [-0.3, -0.25) is 14.2 Å². The van der Waals surface area contributed by atoms with Crippen LogP contribution in [0.2, 0.25) is 0 Å². The van der Waals surface area contributed by atoms with Gasteiger partial charge in [0.15, 0.2) is 5.03 Å². The summed E-state index contributed by atoms with van der Waals surface area (Å²) in [5.74, 6) is 0.403. The standard InChI is InChI=1S/C17H27N5O3S/c1-17(2,3)11-6-8-12(9-7-11)18-19-13(23)10-26-14-15(24)21(4)16(25)22(5)20-14/h11H,6-10H2,1-5H3,(H,19,23). The molecule has 1 heterocycles. The molecule has 1 aromatic heterocycles. The van der Waals surface area contributed by atoms with Crippen molar-refractivity contribution in [1.82, 2.24) is 19.8 Å². The van der Waals surface area contributed by atoms with Gasteiger partial charge in [-0.25, -0.2) is 14.9 Å². The quantitative estimate of drug-likeness (QED) is 0.626. The van der Waals surface area contributed by atoms with E-state index in [2.05, 4.69) is 36.4 Å². The van der Waals surface area contributed by atoms with Gasteiger partial charge in [0.25, 0.3) is 5.56 Å². The molecule has 2 rings (SSSR count). The third-order valence-corrected chi connectivity index (χ3v) is 5.69. The zero-order valence-corrected chi connectivity index (χ0v) is 16.9. The first kappa shape index (κ1) is 20.4. The van der Waals surface area contributed by atoms with Gasteiger partial charge in [-0.05, 0) is 37.0 Å². The maximum absolute atomic E-state index is 12.0. The van der Waals surface area contributed by atoms with E-state index in [1.807, 2.05) is 0 Å². The van der Waals surface area contributed by atoms with Gasteiger partial charge in [0.2, 0.25) is 5.91 Å². The number of nitrogens with one attached hydrogen (secondary N) is 1. The van der Waals surface area contributed by atoms with Crippen LogP contribution in [0.1, 0.15) is 46.5 Å². The summed E-state index contributed by atoms with van der Waals surface area (Å²) in [6.45, 7) is 6.78. The Hall–Kier alpha value is -1.90. The third kappa shape index (κ3) is 5.06. The van der Waals surface area contributed by atoms with Gasteiger partial charge >= 0.3 is 5.69 Å². The maximum Gasteiger partial charge on any atom is 0.346 e. The Balaban J connectivity index is 1.87. The molecule has 1 N–H and O–H groups in total. The van der Waals surface area contributed by atoms with Crippen LogP contribution in [0.25, 0.3) is 0 Å². The highest BCUT2D eigenvalue weighted by Crippen LogP contribution is 2.36. The number of nitrogens with zero attached hydrogens (tertiary/aromatic N) is 4. The summed E-state index contributed by atoms with van der Waals surface area (Å²) in [6.07, 6.45) is 3.98. The molecule has 0 radical (unpaired) electrons. The molecule has 9 heteroatoms. The van der Waals surface area contributed by atoms with Gasteiger partial charge in [0, 0.05) is 19.8 Å². The van der Waals surface area contributed by atoms with Crippen LogP contribution in [0.3, 0.4) is 0 Å². The lowest BCUT2D eigenvalue weighted by Gasteiger charge is -2.34. The third-order valence-electron chi connectivity index (χ3n) is 4.76. The van der Waals surface area contributed by atoms with Gasteiger partial charge in [-0.1, -0.05) is 32.5 Å². The smallest absolute Gasteiger partial charge is 0.272 e. The molecule has 1 amide bonds. The predicted molar refractivity (Wildman–Crippen MR) is 102 cm³/mol. The largest absolute Gasteiger partial charge is 0.346 e. The molecule has 1 aliphatic carbocycles. The molecule has 0 aromatic carbocycles. The van der Waals surface area contributed by atoms with Crippen LogP contribution in [-0.2, 0) is 18.9 Å². The molecule has 144 valence electrons. The summed E-state index contributed by atoms with van der Waals surface area (Å²) >= 11 is 0.997. The van der Waals surface area contributed by atoms with E-state index >= 15 is 0 Å². The number of aryl methyl sites for hydroxylation is 1. The zero-order chi connectivity index (χ0) is 19.5. The number of rotatable bonds is 4. The molecular formula is C17H27N5O3S. The number of hydrogen-bond acceptors (Lipinski definition) is 6. The molecule has 0 atom stereocenters. The number of thioether (sulfide) groups is 1. The number of hydrogen-bond donors (Lipinski definition) is 1. The Labute approximate surface area is 157 Å². The molecular weight excluding hydrogens is 354 g/mol. The van der Waals surface area contributed by atoms with E-state index in [4.69, 9.17) is 0 Å². The Kier molecular flexibility index (Phi) is 6.44. The van der Waals surface area contributed by atoms with Gasteiger partial charge in [-0.2, -0.15) is 10.2 Å². The van der Waals surface area contributed by atoms with Gasteiger partial charge < -0.3 is 0 Å². The second kappa shape index (κ2) is 8.20. The lowest BCUT2D eigenvalue weighted by molar-refractivity contribution is -0.118.